The molecule has 4 heteroatoms. The maximum atomic E-state index is 5.78. The van der Waals surface area contributed by atoms with E-state index in [1.165, 1.54) is 5.56 Å². The Morgan fingerprint density at radius 3 is 2.76 bits per heavy atom. The van der Waals surface area contributed by atoms with Gasteiger partial charge in [-0.1, -0.05) is 0 Å². The Bertz CT molecular complexity index is 352. The zero-order valence-corrected chi connectivity index (χ0v) is 11.2. The van der Waals surface area contributed by atoms with Crippen LogP contribution < -0.4 is 11.1 Å². The molecule has 96 valence electrons. The quantitative estimate of drug-likeness (QED) is 0.789. The average molecular weight is 237 g/mol. The minimum absolute atomic E-state index is 0.207. The number of ether oxygens (including phenoxy) is 1. The van der Waals surface area contributed by atoms with Crippen LogP contribution >= 0.6 is 0 Å². The van der Waals surface area contributed by atoms with E-state index in [4.69, 9.17) is 10.5 Å². The third kappa shape index (κ3) is 3.98. The van der Waals surface area contributed by atoms with Crippen molar-refractivity contribution in [1.29, 1.82) is 0 Å². The fourth-order valence-electron chi connectivity index (χ4n) is 2.03. The smallest absolute Gasteiger partial charge is 0.123 e. The van der Waals surface area contributed by atoms with E-state index in [0.717, 1.165) is 6.42 Å². The summed E-state index contributed by atoms with van der Waals surface area (Å²) in [6.45, 7) is 6.92. The molecule has 0 aliphatic rings. The first kappa shape index (κ1) is 13.9. The van der Waals surface area contributed by atoms with E-state index in [9.17, 15) is 0 Å². The van der Waals surface area contributed by atoms with E-state index < -0.39 is 0 Å². The highest BCUT2D eigenvalue weighted by Crippen LogP contribution is 2.19. The molecule has 1 unspecified atom stereocenters. The van der Waals surface area contributed by atoms with Gasteiger partial charge in [-0.25, -0.2) is 4.98 Å². The van der Waals surface area contributed by atoms with Gasteiger partial charge in [0, 0.05) is 18.8 Å². The van der Waals surface area contributed by atoms with Crippen LogP contribution in [0.5, 0.6) is 0 Å². The van der Waals surface area contributed by atoms with Crippen molar-refractivity contribution in [2.24, 2.45) is 0 Å². The predicted octanol–water partition coefficient (Wildman–Crippen LogP) is 1.61. The van der Waals surface area contributed by atoms with Crippen LogP contribution in [0, 0.1) is 0 Å². The summed E-state index contributed by atoms with van der Waals surface area (Å²) in [5, 5.41) is 3.31. The second-order valence-corrected chi connectivity index (χ2v) is 4.67. The molecule has 0 radical (unpaired) electrons. The zero-order chi connectivity index (χ0) is 12.9. The van der Waals surface area contributed by atoms with Crippen LogP contribution in [0.3, 0.4) is 0 Å². The van der Waals surface area contributed by atoms with Gasteiger partial charge in [0.2, 0.25) is 0 Å². The molecular formula is C13H23N3O. The molecule has 0 amide bonds. The lowest BCUT2D eigenvalue weighted by Gasteiger charge is -2.34. The van der Waals surface area contributed by atoms with Gasteiger partial charge >= 0.3 is 0 Å². The molecule has 3 N–H and O–H groups in total. The molecule has 0 saturated carbocycles. The monoisotopic (exact) mass is 237 g/mol. The van der Waals surface area contributed by atoms with Gasteiger partial charge in [0.05, 0.1) is 5.60 Å². The van der Waals surface area contributed by atoms with E-state index in [2.05, 4.69) is 24.1 Å². The van der Waals surface area contributed by atoms with Gasteiger partial charge < -0.3 is 15.8 Å². The lowest BCUT2D eigenvalue weighted by molar-refractivity contribution is -0.0363. The normalized spacial score (nSPS) is 13.6. The van der Waals surface area contributed by atoms with E-state index in [0.29, 0.717) is 12.4 Å². The van der Waals surface area contributed by atoms with Crippen LogP contribution in [0.15, 0.2) is 18.3 Å². The number of likely N-dealkylation sites (N-methyl/N-ethyl adjacent to an activating group) is 1. The van der Waals surface area contributed by atoms with Crippen LogP contribution in [-0.4, -0.2) is 30.3 Å². The third-order valence-electron chi connectivity index (χ3n) is 2.99. The molecule has 0 bridgehead atoms. The number of aromatic nitrogens is 1. The summed E-state index contributed by atoms with van der Waals surface area (Å²) in [7, 11) is 1.95. The number of nitrogens with one attached hydrogen (secondary N) is 1. The van der Waals surface area contributed by atoms with Crippen molar-refractivity contribution in [2.45, 2.75) is 38.8 Å². The Hall–Kier alpha value is -1.13. The van der Waals surface area contributed by atoms with Crippen LogP contribution in [0.4, 0.5) is 5.82 Å². The molecule has 0 aliphatic heterocycles. The minimum atomic E-state index is -0.207. The fourth-order valence-corrected chi connectivity index (χ4v) is 2.03. The summed E-state index contributed by atoms with van der Waals surface area (Å²) in [6.07, 6.45) is 2.61. The van der Waals surface area contributed by atoms with Gasteiger partial charge in [-0.2, -0.15) is 0 Å². The molecule has 1 aromatic heterocycles. The van der Waals surface area contributed by atoms with Crippen molar-refractivity contribution in [3.05, 3.63) is 23.9 Å². The predicted molar refractivity (Wildman–Crippen MR) is 70.9 cm³/mol. The molecule has 1 aromatic rings. The molecule has 17 heavy (non-hydrogen) atoms. The Labute approximate surface area is 104 Å². The molecular weight excluding hydrogens is 214 g/mol. The molecule has 1 atom stereocenters. The number of anilines is 1. The van der Waals surface area contributed by atoms with Crippen molar-refractivity contribution in [2.75, 3.05) is 19.4 Å². The zero-order valence-electron chi connectivity index (χ0n) is 11.2. The summed E-state index contributed by atoms with van der Waals surface area (Å²) < 4.78 is 5.78. The van der Waals surface area contributed by atoms with Gasteiger partial charge in [-0.05, 0) is 51.9 Å². The fraction of sp³-hybridized carbons (Fsp3) is 0.615. The molecule has 0 saturated heterocycles. The van der Waals surface area contributed by atoms with Gasteiger partial charge in [0.25, 0.3) is 0 Å². The van der Waals surface area contributed by atoms with Gasteiger partial charge in [0.15, 0.2) is 0 Å². The number of nitrogens with two attached hydrogens (primary N) is 1. The van der Waals surface area contributed by atoms with Gasteiger partial charge in [0.1, 0.15) is 5.82 Å². The van der Waals surface area contributed by atoms with Gasteiger partial charge in [-0.15, -0.1) is 0 Å². The number of hydrogen-bond acceptors (Lipinski definition) is 4. The molecule has 0 aliphatic carbocycles. The third-order valence-corrected chi connectivity index (χ3v) is 2.99. The highest BCUT2D eigenvalue weighted by molar-refractivity contribution is 5.32. The molecule has 1 rings (SSSR count). The van der Waals surface area contributed by atoms with E-state index in [1.54, 1.807) is 6.20 Å². The van der Waals surface area contributed by atoms with Crippen LogP contribution in [0.1, 0.15) is 26.3 Å². The van der Waals surface area contributed by atoms with Crippen LogP contribution in [-0.2, 0) is 11.2 Å². The summed E-state index contributed by atoms with van der Waals surface area (Å²) in [5.41, 5.74) is 6.64. The van der Waals surface area contributed by atoms with Gasteiger partial charge in [-0.3, -0.25) is 0 Å². The van der Waals surface area contributed by atoms with E-state index in [1.807, 2.05) is 26.1 Å². The lowest BCUT2D eigenvalue weighted by atomic mass is 9.92. The largest absolute Gasteiger partial charge is 0.384 e. The second-order valence-electron chi connectivity index (χ2n) is 4.67. The molecule has 4 nitrogen and oxygen atoms in total. The second kappa shape index (κ2) is 5.98. The molecule has 1 heterocycles. The Kier molecular flexibility index (Phi) is 4.90. The first-order valence-corrected chi connectivity index (χ1v) is 6.01. The van der Waals surface area contributed by atoms with Crippen molar-refractivity contribution < 1.29 is 4.74 Å². The summed E-state index contributed by atoms with van der Waals surface area (Å²) in [5.74, 6) is 0.562. The number of hydrogen-bond donors (Lipinski definition) is 2. The maximum absolute atomic E-state index is 5.78. The van der Waals surface area contributed by atoms with Crippen molar-refractivity contribution in [1.82, 2.24) is 10.3 Å². The first-order valence-electron chi connectivity index (χ1n) is 6.01. The SMILES string of the molecule is CCOC(C)(C)C(Cc1ccnc(N)c1)NC. The van der Waals surface area contributed by atoms with E-state index in [-0.39, 0.29) is 11.6 Å². The molecule has 0 fully saturated rings. The standard InChI is InChI=1S/C13H23N3O/c1-5-17-13(2,3)11(15-4)8-10-6-7-16-12(14)9-10/h6-7,9,11,15H,5,8H2,1-4H3,(H2,14,16). The molecule has 0 spiro atoms. The van der Waals surface area contributed by atoms with Crippen molar-refractivity contribution in [3.8, 4) is 0 Å². The van der Waals surface area contributed by atoms with Crippen LogP contribution in [0.25, 0.3) is 0 Å². The minimum Gasteiger partial charge on any atom is -0.384 e. The number of pyridine rings is 1. The highest BCUT2D eigenvalue weighted by Gasteiger charge is 2.28. The van der Waals surface area contributed by atoms with Crippen molar-refractivity contribution >= 4 is 5.82 Å². The van der Waals surface area contributed by atoms with Crippen molar-refractivity contribution in [3.63, 3.8) is 0 Å². The maximum Gasteiger partial charge on any atom is 0.123 e. The molecule has 0 aromatic carbocycles. The lowest BCUT2D eigenvalue weighted by Crippen LogP contribution is -2.48. The number of nitrogen functional groups attached to an aromatic ring is 1. The highest BCUT2D eigenvalue weighted by atomic mass is 16.5. The number of nitrogens with zero attached hydrogens (tertiary/aromatic N) is 1. The summed E-state index contributed by atoms with van der Waals surface area (Å²) in [4.78, 5) is 4.00. The Balaban J connectivity index is 2.76. The summed E-state index contributed by atoms with van der Waals surface area (Å²) >= 11 is 0. The Morgan fingerprint density at radius 1 is 1.53 bits per heavy atom. The number of rotatable bonds is 6. The first-order chi connectivity index (χ1) is 7.99. The van der Waals surface area contributed by atoms with Crippen LogP contribution in [0.2, 0.25) is 0 Å². The Morgan fingerprint density at radius 2 is 2.24 bits per heavy atom. The average Bonchev–Trinajstić information content (AvgIpc) is 2.25. The van der Waals surface area contributed by atoms with E-state index >= 15 is 0 Å². The topological polar surface area (TPSA) is 60.2 Å². The summed E-state index contributed by atoms with van der Waals surface area (Å²) in [6, 6.07) is 4.14.